The molecule has 0 aromatic carbocycles. The van der Waals surface area contributed by atoms with E-state index in [0.29, 0.717) is 36.2 Å². The molecule has 1 aromatic heterocycles. The van der Waals surface area contributed by atoms with Crippen LogP contribution in [0.1, 0.15) is 50.4 Å². The van der Waals surface area contributed by atoms with Crippen LogP contribution in [0, 0.1) is 5.92 Å². The molecular formula is C15H22BrF3N4S. The SMILES string of the molecule is CC(C)CNC(=S)NCCCn1nc(C(F)(F)F)c(Br)c1C1CC1. The zero-order valence-electron chi connectivity index (χ0n) is 13.7. The molecule has 0 atom stereocenters. The Kier molecular flexibility index (Phi) is 6.52. The maximum atomic E-state index is 13.0. The van der Waals surface area contributed by atoms with Gasteiger partial charge in [-0.3, -0.25) is 4.68 Å². The van der Waals surface area contributed by atoms with Crippen LogP contribution >= 0.6 is 28.1 Å². The monoisotopic (exact) mass is 426 g/mol. The molecular weight excluding hydrogens is 405 g/mol. The van der Waals surface area contributed by atoms with Crippen LogP contribution in [0.4, 0.5) is 13.2 Å². The van der Waals surface area contributed by atoms with E-state index in [1.165, 1.54) is 4.68 Å². The summed E-state index contributed by atoms with van der Waals surface area (Å²) in [4.78, 5) is 0. The number of aromatic nitrogens is 2. The molecule has 0 bridgehead atoms. The highest BCUT2D eigenvalue weighted by atomic mass is 79.9. The first-order chi connectivity index (χ1) is 11.2. The third-order valence-corrected chi connectivity index (χ3v) is 4.74. The zero-order valence-corrected chi connectivity index (χ0v) is 16.1. The number of rotatable bonds is 7. The summed E-state index contributed by atoms with van der Waals surface area (Å²) in [5.74, 6) is 0.679. The van der Waals surface area contributed by atoms with Crippen LogP contribution in [0.3, 0.4) is 0 Å². The molecule has 0 saturated heterocycles. The van der Waals surface area contributed by atoms with Crippen molar-refractivity contribution in [1.82, 2.24) is 20.4 Å². The van der Waals surface area contributed by atoms with E-state index in [2.05, 4.69) is 45.5 Å². The summed E-state index contributed by atoms with van der Waals surface area (Å²) in [6.45, 7) is 5.98. The maximum absolute atomic E-state index is 13.0. The first-order valence-corrected chi connectivity index (χ1v) is 9.25. The van der Waals surface area contributed by atoms with Gasteiger partial charge in [-0.15, -0.1) is 0 Å². The van der Waals surface area contributed by atoms with Crippen LogP contribution in [0.25, 0.3) is 0 Å². The van der Waals surface area contributed by atoms with Gasteiger partial charge in [-0.05, 0) is 53.3 Å². The lowest BCUT2D eigenvalue weighted by Gasteiger charge is -2.12. The van der Waals surface area contributed by atoms with Crippen molar-refractivity contribution in [3.8, 4) is 0 Å². The number of nitrogens with zero attached hydrogens (tertiary/aromatic N) is 2. The van der Waals surface area contributed by atoms with Gasteiger partial charge in [0.2, 0.25) is 0 Å². The topological polar surface area (TPSA) is 41.9 Å². The first kappa shape index (κ1) is 19.5. The molecule has 0 unspecified atom stereocenters. The standard InChI is InChI=1S/C15H22BrF3N4S/c1-9(2)8-21-14(24)20-6-3-7-23-12(10-4-5-10)11(16)13(22-23)15(17,18)19/h9-10H,3-8H2,1-2H3,(H2,20,21,24). The van der Waals surface area contributed by atoms with Crippen LogP contribution in [0.5, 0.6) is 0 Å². The normalized spacial score (nSPS) is 15.0. The molecule has 1 fully saturated rings. The first-order valence-electron chi connectivity index (χ1n) is 8.05. The van der Waals surface area contributed by atoms with Gasteiger partial charge in [0.1, 0.15) is 0 Å². The Morgan fingerprint density at radius 1 is 1.38 bits per heavy atom. The van der Waals surface area contributed by atoms with E-state index in [1.807, 2.05) is 0 Å². The van der Waals surface area contributed by atoms with Gasteiger partial charge < -0.3 is 10.6 Å². The molecule has 9 heteroatoms. The fourth-order valence-electron chi connectivity index (χ4n) is 2.34. The second-order valence-electron chi connectivity index (χ2n) is 6.43. The molecule has 2 N–H and O–H groups in total. The number of halogens is 4. The molecule has 24 heavy (non-hydrogen) atoms. The Bertz CT molecular complexity index is 582. The van der Waals surface area contributed by atoms with Gasteiger partial charge in [-0.25, -0.2) is 0 Å². The van der Waals surface area contributed by atoms with Crippen molar-refractivity contribution >= 4 is 33.3 Å². The van der Waals surface area contributed by atoms with Gasteiger partial charge in [0, 0.05) is 25.6 Å². The number of hydrogen-bond acceptors (Lipinski definition) is 2. The van der Waals surface area contributed by atoms with Crippen molar-refractivity contribution in [2.45, 2.75) is 51.7 Å². The molecule has 136 valence electrons. The molecule has 2 rings (SSSR count). The molecule has 0 amide bonds. The van der Waals surface area contributed by atoms with Crippen molar-refractivity contribution in [3.05, 3.63) is 15.9 Å². The van der Waals surface area contributed by atoms with E-state index in [-0.39, 0.29) is 10.4 Å². The fourth-order valence-corrected chi connectivity index (χ4v) is 3.36. The Hall–Kier alpha value is -0.830. The lowest BCUT2D eigenvalue weighted by Crippen LogP contribution is -2.37. The second kappa shape index (κ2) is 8.03. The minimum absolute atomic E-state index is 0.0968. The van der Waals surface area contributed by atoms with Crippen LogP contribution in [-0.4, -0.2) is 28.0 Å². The molecule has 1 saturated carbocycles. The van der Waals surface area contributed by atoms with E-state index in [1.54, 1.807) is 0 Å². The van der Waals surface area contributed by atoms with E-state index < -0.39 is 11.9 Å². The fraction of sp³-hybridized carbons (Fsp3) is 0.733. The number of thiocarbonyl (C=S) groups is 1. The molecule has 1 aromatic rings. The summed E-state index contributed by atoms with van der Waals surface area (Å²) in [5, 5.41) is 10.5. The molecule has 0 spiro atoms. The Balaban J connectivity index is 1.89. The summed E-state index contributed by atoms with van der Waals surface area (Å²) in [7, 11) is 0. The third kappa shape index (κ3) is 5.34. The van der Waals surface area contributed by atoms with Crippen LogP contribution < -0.4 is 10.6 Å². The van der Waals surface area contributed by atoms with Crippen molar-refractivity contribution < 1.29 is 13.2 Å². The van der Waals surface area contributed by atoms with E-state index in [9.17, 15) is 13.2 Å². The quantitative estimate of drug-likeness (QED) is 0.509. The molecule has 1 aliphatic rings. The van der Waals surface area contributed by atoms with Gasteiger partial charge in [-0.1, -0.05) is 13.8 Å². The number of hydrogen-bond donors (Lipinski definition) is 2. The third-order valence-electron chi connectivity index (χ3n) is 3.67. The Labute approximate surface area is 153 Å². The van der Waals surface area contributed by atoms with E-state index >= 15 is 0 Å². The average Bonchev–Trinajstić information content (AvgIpc) is 3.24. The summed E-state index contributed by atoms with van der Waals surface area (Å²) >= 11 is 8.25. The lowest BCUT2D eigenvalue weighted by atomic mass is 10.2. The van der Waals surface area contributed by atoms with E-state index in [0.717, 1.165) is 19.4 Å². The lowest BCUT2D eigenvalue weighted by molar-refractivity contribution is -0.142. The number of aryl methyl sites for hydroxylation is 1. The Morgan fingerprint density at radius 3 is 2.58 bits per heavy atom. The number of nitrogens with one attached hydrogen (secondary N) is 2. The predicted molar refractivity (Wildman–Crippen MR) is 95.0 cm³/mol. The molecule has 0 aliphatic heterocycles. The van der Waals surface area contributed by atoms with Crippen molar-refractivity contribution in [2.75, 3.05) is 13.1 Å². The van der Waals surface area contributed by atoms with Crippen LogP contribution in [0.15, 0.2) is 4.47 Å². The smallest absolute Gasteiger partial charge is 0.363 e. The minimum Gasteiger partial charge on any atom is -0.363 e. The van der Waals surface area contributed by atoms with Crippen LogP contribution in [0.2, 0.25) is 0 Å². The van der Waals surface area contributed by atoms with Crippen molar-refractivity contribution in [3.63, 3.8) is 0 Å². The molecule has 0 radical (unpaired) electrons. The van der Waals surface area contributed by atoms with Crippen LogP contribution in [-0.2, 0) is 12.7 Å². The van der Waals surface area contributed by atoms with Crippen molar-refractivity contribution in [1.29, 1.82) is 0 Å². The minimum atomic E-state index is -4.44. The summed E-state index contributed by atoms with van der Waals surface area (Å²) in [6.07, 6.45) is -1.95. The highest BCUT2D eigenvalue weighted by Gasteiger charge is 2.41. The van der Waals surface area contributed by atoms with Gasteiger partial charge in [0.05, 0.1) is 10.2 Å². The molecule has 1 aliphatic carbocycles. The molecule has 1 heterocycles. The summed E-state index contributed by atoms with van der Waals surface area (Å²) < 4.78 is 40.7. The van der Waals surface area contributed by atoms with Gasteiger partial charge in [0.25, 0.3) is 0 Å². The van der Waals surface area contributed by atoms with Crippen molar-refractivity contribution in [2.24, 2.45) is 5.92 Å². The van der Waals surface area contributed by atoms with Gasteiger partial charge in [0.15, 0.2) is 10.8 Å². The molecule has 4 nitrogen and oxygen atoms in total. The number of alkyl halides is 3. The zero-order chi connectivity index (χ0) is 17.9. The highest BCUT2D eigenvalue weighted by molar-refractivity contribution is 9.10. The predicted octanol–water partition coefficient (Wildman–Crippen LogP) is 4.05. The largest absolute Gasteiger partial charge is 0.436 e. The summed E-state index contributed by atoms with van der Waals surface area (Å²) in [5.41, 5.74) is -0.158. The summed E-state index contributed by atoms with van der Waals surface area (Å²) in [6, 6.07) is 0. The maximum Gasteiger partial charge on any atom is 0.436 e. The second-order valence-corrected chi connectivity index (χ2v) is 7.63. The van der Waals surface area contributed by atoms with Gasteiger partial charge in [-0.2, -0.15) is 18.3 Å². The van der Waals surface area contributed by atoms with Gasteiger partial charge >= 0.3 is 6.18 Å². The average molecular weight is 427 g/mol. The Morgan fingerprint density at radius 2 is 2.04 bits per heavy atom. The van der Waals surface area contributed by atoms with E-state index in [4.69, 9.17) is 12.2 Å². The highest BCUT2D eigenvalue weighted by Crippen LogP contribution is 2.46.